The average Bonchev–Trinajstić information content (AvgIpc) is 3.16. The van der Waals surface area contributed by atoms with Gasteiger partial charge in [-0.15, -0.1) is 11.3 Å². The summed E-state index contributed by atoms with van der Waals surface area (Å²) in [5.41, 5.74) is -6.54. The first-order chi connectivity index (χ1) is 16.0. The summed E-state index contributed by atoms with van der Waals surface area (Å²) in [6.07, 6.45) is -10.3. The van der Waals surface area contributed by atoms with Crippen molar-refractivity contribution in [3.05, 3.63) is 33.3 Å². The van der Waals surface area contributed by atoms with Crippen molar-refractivity contribution < 1.29 is 44.4 Å². The van der Waals surface area contributed by atoms with Crippen LogP contribution in [0.1, 0.15) is 34.5 Å². The summed E-state index contributed by atoms with van der Waals surface area (Å²) in [5, 5.41) is 6.25. The van der Waals surface area contributed by atoms with Gasteiger partial charge in [0, 0.05) is 26.2 Å². The number of carbonyl (C=O) groups is 1. The first kappa shape index (κ1) is 25.4. The monoisotopic (exact) mass is 548 g/mol. The van der Waals surface area contributed by atoms with Crippen LogP contribution in [0.2, 0.25) is 4.34 Å². The summed E-state index contributed by atoms with van der Waals surface area (Å²) in [4.78, 5) is 14.3. The van der Waals surface area contributed by atoms with Crippen molar-refractivity contribution in [2.75, 3.05) is 7.05 Å². The molecule has 0 unspecified atom stereocenters. The Labute approximate surface area is 200 Å². The van der Waals surface area contributed by atoms with Crippen LogP contribution in [0.3, 0.4) is 0 Å². The minimum absolute atomic E-state index is 0.0686. The molecule has 0 saturated heterocycles. The topological polar surface area (TPSA) is 64.2 Å². The molecule has 0 aromatic carbocycles. The van der Waals surface area contributed by atoms with Crippen LogP contribution in [0.25, 0.3) is 22.0 Å². The Hall–Kier alpha value is -2.68. The number of rotatable bonds is 5. The number of hydrogen-bond acceptors (Lipinski definition) is 5. The van der Waals surface area contributed by atoms with Crippen LogP contribution in [0.15, 0.2) is 16.7 Å². The standard InChI is InChI=1S/C19H13ClF8N4O2S/c1-31(7-3-4-7)16(33)8-5-11(35-15(8)20)10-6-9(30-34-10)13-12(18(23,24)25)14(29-32(13)2)17(21,22)19(26,27)28/h5-7H,3-4H2,1-2H3. The van der Waals surface area contributed by atoms with Crippen LogP contribution >= 0.6 is 22.9 Å². The average molecular weight is 549 g/mol. The highest BCUT2D eigenvalue weighted by atomic mass is 35.5. The first-order valence-corrected chi connectivity index (χ1v) is 10.9. The molecule has 1 fully saturated rings. The van der Waals surface area contributed by atoms with Gasteiger partial charge in [0.2, 0.25) is 0 Å². The highest BCUT2D eigenvalue weighted by Crippen LogP contribution is 2.50. The van der Waals surface area contributed by atoms with Gasteiger partial charge in [0.1, 0.15) is 21.3 Å². The number of thiophene rings is 1. The lowest BCUT2D eigenvalue weighted by atomic mass is 10.0. The van der Waals surface area contributed by atoms with Crippen molar-refractivity contribution in [3.63, 3.8) is 0 Å². The third-order valence-electron chi connectivity index (χ3n) is 5.31. The van der Waals surface area contributed by atoms with Crippen molar-refractivity contribution in [1.82, 2.24) is 19.8 Å². The molecule has 4 rings (SSSR count). The van der Waals surface area contributed by atoms with E-state index in [0.29, 0.717) is 0 Å². The number of halogens is 9. The minimum atomic E-state index is -6.32. The second-order valence-corrected chi connectivity index (χ2v) is 9.44. The number of amides is 1. The highest BCUT2D eigenvalue weighted by Gasteiger charge is 2.64. The van der Waals surface area contributed by atoms with Crippen LogP contribution in [0.4, 0.5) is 35.1 Å². The molecule has 0 spiro atoms. The molecule has 1 amide bonds. The Kier molecular flexibility index (Phi) is 5.94. The van der Waals surface area contributed by atoms with Crippen LogP contribution in [-0.2, 0) is 19.1 Å². The van der Waals surface area contributed by atoms with Crippen molar-refractivity contribution in [2.45, 2.75) is 37.2 Å². The third-order valence-corrected chi connectivity index (χ3v) is 6.68. The lowest BCUT2D eigenvalue weighted by molar-refractivity contribution is -0.292. The molecule has 1 saturated carbocycles. The second-order valence-electron chi connectivity index (χ2n) is 7.79. The molecule has 16 heteroatoms. The van der Waals surface area contributed by atoms with E-state index in [1.54, 1.807) is 7.05 Å². The van der Waals surface area contributed by atoms with Crippen LogP contribution in [-0.4, -0.2) is 45.0 Å². The van der Waals surface area contributed by atoms with Crippen molar-refractivity contribution in [3.8, 4) is 22.0 Å². The molecule has 0 atom stereocenters. The van der Waals surface area contributed by atoms with Gasteiger partial charge in [-0.05, 0) is 18.9 Å². The molecule has 0 N–H and O–H groups in total. The lowest BCUT2D eigenvalue weighted by Gasteiger charge is -2.19. The zero-order valence-electron chi connectivity index (χ0n) is 17.6. The molecule has 1 aliphatic carbocycles. The molecule has 190 valence electrons. The highest BCUT2D eigenvalue weighted by molar-refractivity contribution is 7.19. The number of aromatic nitrogens is 3. The summed E-state index contributed by atoms with van der Waals surface area (Å²) in [5.74, 6) is -6.45. The Morgan fingerprint density at radius 1 is 1.17 bits per heavy atom. The van der Waals surface area contributed by atoms with E-state index < -0.39 is 40.9 Å². The largest absolute Gasteiger partial charge is 0.459 e. The van der Waals surface area contributed by atoms with Crippen molar-refractivity contribution in [1.29, 1.82) is 0 Å². The predicted molar refractivity (Wildman–Crippen MR) is 107 cm³/mol. The van der Waals surface area contributed by atoms with E-state index in [1.807, 2.05) is 0 Å². The van der Waals surface area contributed by atoms with Gasteiger partial charge in [0.15, 0.2) is 11.5 Å². The molecular weight excluding hydrogens is 536 g/mol. The molecule has 0 aliphatic heterocycles. The van der Waals surface area contributed by atoms with E-state index in [1.165, 1.54) is 11.0 Å². The predicted octanol–water partition coefficient (Wildman–Crippen LogP) is 6.36. The molecule has 6 nitrogen and oxygen atoms in total. The Morgan fingerprint density at radius 2 is 1.80 bits per heavy atom. The van der Waals surface area contributed by atoms with Gasteiger partial charge in [-0.1, -0.05) is 16.8 Å². The Morgan fingerprint density at radius 3 is 2.34 bits per heavy atom. The first-order valence-electron chi connectivity index (χ1n) is 9.67. The minimum Gasteiger partial charge on any atom is -0.355 e. The smallest absolute Gasteiger partial charge is 0.355 e. The molecule has 3 heterocycles. The number of aryl methyl sites for hydroxylation is 1. The van der Waals surface area contributed by atoms with Crippen LogP contribution in [0.5, 0.6) is 0 Å². The van der Waals surface area contributed by atoms with E-state index in [4.69, 9.17) is 16.1 Å². The van der Waals surface area contributed by atoms with E-state index >= 15 is 0 Å². The third kappa shape index (κ3) is 4.39. The summed E-state index contributed by atoms with van der Waals surface area (Å²) < 4.78 is 113. The Balaban J connectivity index is 1.77. The summed E-state index contributed by atoms with van der Waals surface area (Å²) in [6, 6.07) is 2.31. The van der Waals surface area contributed by atoms with Gasteiger partial charge in [0.05, 0.1) is 10.4 Å². The van der Waals surface area contributed by atoms with Gasteiger partial charge in [-0.2, -0.15) is 40.2 Å². The quantitative estimate of drug-likeness (QED) is 0.348. The molecule has 3 aromatic heterocycles. The number of alkyl halides is 8. The van der Waals surface area contributed by atoms with E-state index in [-0.39, 0.29) is 37.2 Å². The zero-order valence-corrected chi connectivity index (χ0v) is 19.1. The van der Waals surface area contributed by atoms with Gasteiger partial charge >= 0.3 is 18.3 Å². The van der Waals surface area contributed by atoms with Crippen molar-refractivity contribution in [2.24, 2.45) is 7.05 Å². The molecule has 1 aliphatic rings. The fourth-order valence-electron chi connectivity index (χ4n) is 3.40. The number of nitrogens with zero attached hydrogens (tertiary/aromatic N) is 4. The second kappa shape index (κ2) is 8.18. The maximum absolute atomic E-state index is 13.9. The summed E-state index contributed by atoms with van der Waals surface area (Å²) in [6.45, 7) is 0. The summed E-state index contributed by atoms with van der Waals surface area (Å²) in [7, 11) is 2.36. The molecule has 0 bridgehead atoms. The van der Waals surface area contributed by atoms with Crippen LogP contribution in [0, 0.1) is 0 Å². The maximum Gasteiger partial charge on any atom is 0.459 e. The molecular formula is C19H13ClF8N4O2S. The van der Waals surface area contributed by atoms with Crippen molar-refractivity contribution >= 4 is 28.8 Å². The SMILES string of the molecule is CN(C(=O)c1cc(-c2cc(-c3c(C(F)(F)F)c(C(F)(F)C(F)(F)F)nn3C)no2)sc1Cl)C1CC1. The van der Waals surface area contributed by atoms with E-state index in [0.717, 1.165) is 37.3 Å². The molecule has 3 aromatic rings. The van der Waals surface area contributed by atoms with E-state index in [9.17, 15) is 39.9 Å². The normalized spacial score (nSPS) is 15.1. The van der Waals surface area contributed by atoms with Gasteiger partial charge < -0.3 is 9.42 Å². The van der Waals surface area contributed by atoms with Gasteiger partial charge in [0.25, 0.3) is 5.91 Å². The van der Waals surface area contributed by atoms with Gasteiger partial charge in [-0.3, -0.25) is 9.48 Å². The maximum atomic E-state index is 13.9. The number of hydrogen-bond donors (Lipinski definition) is 0. The molecule has 0 radical (unpaired) electrons. The Bertz CT molecular complexity index is 1290. The zero-order chi connectivity index (χ0) is 26.1. The van der Waals surface area contributed by atoms with Crippen LogP contribution < -0.4 is 0 Å². The fraction of sp³-hybridized carbons (Fsp3) is 0.421. The number of carbonyl (C=O) groups excluding carboxylic acids is 1. The summed E-state index contributed by atoms with van der Waals surface area (Å²) >= 11 is 7.00. The lowest BCUT2D eigenvalue weighted by Crippen LogP contribution is -2.36. The molecule has 35 heavy (non-hydrogen) atoms. The van der Waals surface area contributed by atoms with E-state index in [2.05, 4.69) is 10.3 Å². The fourth-order valence-corrected chi connectivity index (χ4v) is 4.60. The van der Waals surface area contributed by atoms with Gasteiger partial charge in [-0.25, -0.2) is 0 Å².